The number of nitrogens with one attached hydrogen (secondary N) is 1. The lowest BCUT2D eigenvalue weighted by Gasteiger charge is -2.04. The van der Waals surface area contributed by atoms with E-state index in [1.54, 1.807) is 18.2 Å². The lowest BCUT2D eigenvalue weighted by Crippen LogP contribution is -2.12. The van der Waals surface area contributed by atoms with Gasteiger partial charge in [-0.2, -0.15) is 13.2 Å². The van der Waals surface area contributed by atoms with E-state index in [9.17, 15) is 21.6 Å². The van der Waals surface area contributed by atoms with Gasteiger partial charge in [-0.15, -0.1) is 0 Å². The van der Waals surface area contributed by atoms with Crippen LogP contribution in [0.1, 0.15) is 5.56 Å². The van der Waals surface area contributed by atoms with Crippen molar-refractivity contribution in [2.24, 2.45) is 0 Å². The second-order valence-electron chi connectivity index (χ2n) is 4.62. The molecule has 120 valence electrons. The molecule has 9 heteroatoms. The molecule has 0 amide bonds. The number of fused-ring (bicyclic) bond motifs is 1. The summed E-state index contributed by atoms with van der Waals surface area (Å²) in [6.07, 6.45) is -4.46. The summed E-state index contributed by atoms with van der Waals surface area (Å²) in [5.74, 6) is 0. The lowest BCUT2D eigenvalue weighted by atomic mass is 10.2. The molecule has 1 N–H and O–H groups in total. The van der Waals surface area contributed by atoms with Crippen molar-refractivity contribution in [1.82, 2.24) is 4.98 Å². The molecule has 0 aliphatic rings. The molecule has 0 spiro atoms. The van der Waals surface area contributed by atoms with Crippen LogP contribution in [0.25, 0.3) is 10.2 Å². The third-order valence-corrected chi connectivity index (χ3v) is 5.41. The van der Waals surface area contributed by atoms with Crippen molar-refractivity contribution in [2.75, 3.05) is 4.72 Å². The van der Waals surface area contributed by atoms with Crippen molar-refractivity contribution in [2.45, 2.75) is 11.1 Å². The first kappa shape index (κ1) is 15.8. The van der Waals surface area contributed by atoms with Crippen LogP contribution in [0.2, 0.25) is 0 Å². The molecule has 1 aromatic heterocycles. The molecule has 2 aromatic carbocycles. The van der Waals surface area contributed by atoms with Gasteiger partial charge >= 0.3 is 6.18 Å². The fourth-order valence-corrected chi connectivity index (χ4v) is 4.08. The Labute approximate surface area is 133 Å². The molecule has 0 aliphatic carbocycles. The summed E-state index contributed by atoms with van der Waals surface area (Å²) < 4.78 is 65.0. The van der Waals surface area contributed by atoms with Crippen molar-refractivity contribution in [3.05, 3.63) is 54.1 Å². The van der Waals surface area contributed by atoms with Crippen molar-refractivity contribution in [3.63, 3.8) is 0 Å². The van der Waals surface area contributed by atoms with Gasteiger partial charge in [-0.3, -0.25) is 4.72 Å². The molecule has 1 heterocycles. The van der Waals surface area contributed by atoms with Gasteiger partial charge in [-0.05, 0) is 30.3 Å². The summed E-state index contributed by atoms with van der Waals surface area (Å²) in [7, 11) is -3.82. The molecule has 0 unspecified atom stereocenters. The Morgan fingerprint density at radius 3 is 2.39 bits per heavy atom. The lowest BCUT2D eigenvalue weighted by molar-refractivity contribution is -0.137. The van der Waals surface area contributed by atoms with Crippen LogP contribution in [-0.4, -0.2) is 13.4 Å². The SMILES string of the molecule is O=S(=O)(Nc1nc2ccc(C(F)(F)F)cc2s1)c1ccccc1. The number of hydrogen-bond donors (Lipinski definition) is 1. The normalized spacial score (nSPS) is 12.5. The molecule has 0 fully saturated rings. The average molecular weight is 358 g/mol. The Morgan fingerprint density at radius 1 is 1.04 bits per heavy atom. The molecular weight excluding hydrogens is 349 g/mol. The van der Waals surface area contributed by atoms with Crippen LogP contribution >= 0.6 is 11.3 Å². The van der Waals surface area contributed by atoms with Gasteiger partial charge in [0.2, 0.25) is 0 Å². The van der Waals surface area contributed by atoms with E-state index in [2.05, 4.69) is 9.71 Å². The fraction of sp³-hybridized carbons (Fsp3) is 0.0714. The number of sulfonamides is 1. The Kier molecular flexibility index (Phi) is 3.77. The average Bonchev–Trinajstić information content (AvgIpc) is 2.87. The number of thiazole rings is 1. The summed E-state index contributed by atoms with van der Waals surface area (Å²) in [5.41, 5.74) is -0.500. The molecule has 4 nitrogen and oxygen atoms in total. The minimum atomic E-state index is -4.46. The number of anilines is 1. The smallest absolute Gasteiger partial charge is 0.255 e. The molecule has 23 heavy (non-hydrogen) atoms. The van der Waals surface area contributed by atoms with E-state index in [4.69, 9.17) is 0 Å². The first-order chi connectivity index (χ1) is 10.8. The summed E-state index contributed by atoms with van der Waals surface area (Å²) in [6, 6.07) is 10.7. The van der Waals surface area contributed by atoms with Crippen LogP contribution in [-0.2, 0) is 16.2 Å². The van der Waals surface area contributed by atoms with Gasteiger partial charge in [0.25, 0.3) is 10.0 Å². The highest BCUT2D eigenvalue weighted by Crippen LogP contribution is 2.34. The zero-order valence-electron chi connectivity index (χ0n) is 11.3. The number of benzene rings is 2. The third kappa shape index (κ3) is 3.30. The predicted octanol–water partition coefficient (Wildman–Crippen LogP) is 4.12. The Morgan fingerprint density at radius 2 is 1.74 bits per heavy atom. The zero-order valence-corrected chi connectivity index (χ0v) is 13.0. The molecule has 0 saturated heterocycles. The first-order valence-electron chi connectivity index (χ1n) is 6.31. The Balaban J connectivity index is 1.95. The predicted molar refractivity (Wildman–Crippen MR) is 81.9 cm³/mol. The summed E-state index contributed by atoms with van der Waals surface area (Å²) in [6.45, 7) is 0. The van der Waals surface area contributed by atoms with Gasteiger partial charge in [0.05, 0.1) is 20.7 Å². The highest BCUT2D eigenvalue weighted by atomic mass is 32.2. The number of hydrogen-bond acceptors (Lipinski definition) is 4. The second kappa shape index (κ2) is 5.50. The topological polar surface area (TPSA) is 59.1 Å². The largest absolute Gasteiger partial charge is 0.416 e. The Hall–Kier alpha value is -2.13. The van der Waals surface area contributed by atoms with Crippen molar-refractivity contribution in [1.29, 1.82) is 0 Å². The monoisotopic (exact) mass is 358 g/mol. The third-order valence-electron chi connectivity index (χ3n) is 2.99. The maximum atomic E-state index is 12.7. The van der Waals surface area contributed by atoms with E-state index < -0.39 is 21.8 Å². The van der Waals surface area contributed by atoms with E-state index in [0.717, 1.165) is 23.5 Å². The van der Waals surface area contributed by atoms with Gasteiger partial charge in [0.1, 0.15) is 0 Å². The molecule has 0 atom stereocenters. The van der Waals surface area contributed by atoms with Gasteiger partial charge < -0.3 is 0 Å². The summed E-state index contributed by atoms with van der Waals surface area (Å²) >= 11 is 0.848. The number of aromatic nitrogens is 1. The minimum absolute atomic E-state index is 0.0168. The second-order valence-corrected chi connectivity index (χ2v) is 7.33. The van der Waals surface area contributed by atoms with E-state index in [1.165, 1.54) is 18.2 Å². The fourth-order valence-electron chi connectivity index (χ4n) is 1.92. The number of alkyl halides is 3. The molecule has 3 aromatic rings. The van der Waals surface area contributed by atoms with Crippen molar-refractivity contribution < 1.29 is 21.6 Å². The number of halogens is 3. The van der Waals surface area contributed by atoms with Gasteiger partial charge in [0, 0.05) is 0 Å². The van der Waals surface area contributed by atoms with Crippen LogP contribution in [0.5, 0.6) is 0 Å². The molecule has 0 aliphatic heterocycles. The van der Waals surface area contributed by atoms with Crippen LogP contribution in [0.15, 0.2) is 53.4 Å². The van der Waals surface area contributed by atoms with E-state index in [0.29, 0.717) is 5.52 Å². The molecule has 0 bridgehead atoms. The maximum absolute atomic E-state index is 12.7. The van der Waals surface area contributed by atoms with E-state index in [-0.39, 0.29) is 14.7 Å². The Bertz CT molecular complexity index is 951. The maximum Gasteiger partial charge on any atom is 0.416 e. The van der Waals surface area contributed by atoms with Gasteiger partial charge in [-0.1, -0.05) is 29.5 Å². The van der Waals surface area contributed by atoms with Crippen LogP contribution in [0, 0.1) is 0 Å². The van der Waals surface area contributed by atoms with E-state index >= 15 is 0 Å². The van der Waals surface area contributed by atoms with Crippen molar-refractivity contribution >= 4 is 36.7 Å². The minimum Gasteiger partial charge on any atom is -0.255 e. The van der Waals surface area contributed by atoms with Crippen molar-refractivity contribution in [3.8, 4) is 0 Å². The highest BCUT2D eigenvalue weighted by molar-refractivity contribution is 7.93. The molecule has 3 rings (SSSR count). The zero-order chi connectivity index (χ0) is 16.7. The van der Waals surface area contributed by atoms with Gasteiger partial charge in [-0.25, -0.2) is 13.4 Å². The number of nitrogens with zero attached hydrogens (tertiary/aromatic N) is 1. The standard InChI is InChI=1S/C14H9F3N2O2S2/c15-14(16,17)9-6-7-11-12(8-9)22-13(18-11)19-23(20,21)10-4-2-1-3-5-10/h1-8H,(H,18,19). The first-order valence-corrected chi connectivity index (χ1v) is 8.61. The summed E-state index contributed by atoms with van der Waals surface area (Å²) in [5, 5.41) is 0.0168. The van der Waals surface area contributed by atoms with E-state index in [1.807, 2.05) is 0 Å². The molecule has 0 saturated carbocycles. The number of rotatable bonds is 3. The van der Waals surface area contributed by atoms with Crippen LogP contribution in [0.4, 0.5) is 18.3 Å². The summed E-state index contributed by atoms with van der Waals surface area (Å²) in [4.78, 5) is 4.06. The molecular formula is C14H9F3N2O2S2. The van der Waals surface area contributed by atoms with Crippen LogP contribution in [0.3, 0.4) is 0 Å². The quantitative estimate of drug-likeness (QED) is 0.766. The molecule has 0 radical (unpaired) electrons. The van der Waals surface area contributed by atoms with Gasteiger partial charge in [0.15, 0.2) is 5.13 Å². The van der Waals surface area contributed by atoms with Crippen LogP contribution < -0.4 is 4.72 Å². The highest BCUT2D eigenvalue weighted by Gasteiger charge is 2.30.